The van der Waals surface area contributed by atoms with Crippen molar-refractivity contribution in [3.63, 3.8) is 0 Å². The number of fused-ring (bicyclic) bond motifs is 1. The third-order valence-corrected chi connectivity index (χ3v) is 4.64. The van der Waals surface area contributed by atoms with Gasteiger partial charge in [0, 0.05) is 49.6 Å². The summed E-state index contributed by atoms with van der Waals surface area (Å²) in [4.78, 5) is 25.3. The van der Waals surface area contributed by atoms with Crippen LogP contribution in [0.25, 0.3) is 10.9 Å². The molecule has 0 unspecified atom stereocenters. The lowest BCUT2D eigenvalue weighted by molar-refractivity contribution is -0.117. The number of rotatable bonds is 4. The van der Waals surface area contributed by atoms with Gasteiger partial charge in [0.15, 0.2) is 0 Å². The highest BCUT2D eigenvalue weighted by Gasteiger charge is 2.20. The number of hydrogen-bond acceptors (Lipinski definition) is 5. The molecule has 0 spiro atoms. The number of amides is 1. The average Bonchev–Trinajstić information content (AvgIpc) is 2.69. The number of benzene rings is 1. The molecule has 6 nitrogen and oxygen atoms in total. The number of nitrogens with zero attached hydrogens (tertiary/aromatic N) is 4. The van der Waals surface area contributed by atoms with Gasteiger partial charge in [0.25, 0.3) is 0 Å². The zero-order valence-corrected chi connectivity index (χ0v) is 14.5. The van der Waals surface area contributed by atoms with E-state index in [9.17, 15) is 4.79 Å². The van der Waals surface area contributed by atoms with E-state index in [4.69, 9.17) is 0 Å². The number of hydrogen-bond donors (Lipinski definition) is 1. The number of carbonyl (C=O) groups excluding carboxylic acids is 1. The second kappa shape index (κ2) is 7.49. The highest BCUT2D eigenvalue weighted by atomic mass is 16.2. The smallest absolute Gasteiger partial charge is 0.239 e. The lowest BCUT2D eigenvalue weighted by Crippen LogP contribution is -2.48. The van der Waals surface area contributed by atoms with Crippen LogP contribution in [0, 0.1) is 0 Å². The average molecular weight is 347 g/mol. The van der Waals surface area contributed by atoms with Gasteiger partial charge in [-0.1, -0.05) is 24.3 Å². The van der Waals surface area contributed by atoms with Crippen molar-refractivity contribution in [2.45, 2.75) is 0 Å². The maximum atomic E-state index is 12.2. The van der Waals surface area contributed by atoms with Crippen molar-refractivity contribution in [2.24, 2.45) is 0 Å². The van der Waals surface area contributed by atoms with Crippen LogP contribution in [-0.2, 0) is 4.79 Å². The predicted octanol–water partition coefficient (Wildman–Crippen LogP) is 2.39. The van der Waals surface area contributed by atoms with E-state index in [1.807, 2.05) is 36.5 Å². The molecule has 1 amide bonds. The predicted molar refractivity (Wildman–Crippen MR) is 103 cm³/mol. The van der Waals surface area contributed by atoms with Gasteiger partial charge in [0.05, 0.1) is 12.1 Å². The summed E-state index contributed by atoms with van der Waals surface area (Å²) in [6, 6.07) is 15.8. The van der Waals surface area contributed by atoms with E-state index in [-0.39, 0.29) is 5.91 Å². The molecule has 1 aliphatic heterocycles. The maximum absolute atomic E-state index is 12.2. The molecule has 1 N–H and O–H groups in total. The summed E-state index contributed by atoms with van der Waals surface area (Å²) in [6.07, 6.45) is 3.54. The van der Waals surface area contributed by atoms with Crippen molar-refractivity contribution in [2.75, 3.05) is 42.9 Å². The molecule has 1 fully saturated rings. The molecule has 0 saturated carbocycles. The Labute approximate surface area is 152 Å². The summed E-state index contributed by atoms with van der Waals surface area (Å²) in [5.74, 6) is 0.575. The Morgan fingerprint density at radius 3 is 2.54 bits per heavy atom. The minimum absolute atomic E-state index is 0.0217. The van der Waals surface area contributed by atoms with Crippen LogP contribution in [-0.4, -0.2) is 53.5 Å². The maximum Gasteiger partial charge on any atom is 0.239 e. The SMILES string of the molecule is O=C(CN1CCN(c2ccnc3ccccc23)CC1)Nc1ccccn1. The molecule has 0 radical (unpaired) electrons. The summed E-state index contributed by atoms with van der Waals surface area (Å²) in [6.45, 7) is 3.88. The third-order valence-electron chi connectivity index (χ3n) is 4.64. The summed E-state index contributed by atoms with van der Waals surface area (Å²) in [7, 11) is 0. The summed E-state index contributed by atoms with van der Waals surface area (Å²) in [5.41, 5.74) is 2.23. The molecular formula is C20H21N5O. The highest BCUT2D eigenvalue weighted by Crippen LogP contribution is 2.25. The minimum Gasteiger partial charge on any atom is -0.368 e. The molecule has 1 saturated heterocycles. The zero-order chi connectivity index (χ0) is 17.8. The molecule has 4 rings (SSSR count). The Hall–Kier alpha value is -2.99. The number of aromatic nitrogens is 2. The number of anilines is 2. The van der Waals surface area contributed by atoms with Gasteiger partial charge in [0.1, 0.15) is 5.82 Å². The molecule has 6 heteroatoms. The lowest BCUT2D eigenvalue weighted by Gasteiger charge is -2.36. The van der Waals surface area contributed by atoms with Crippen molar-refractivity contribution in [1.29, 1.82) is 0 Å². The van der Waals surface area contributed by atoms with E-state index >= 15 is 0 Å². The van der Waals surface area contributed by atoms with E-state index in [0.29, 0.717) is 12.4 Å². The zero-order valence-electron chi connectivity index (χ0n) is 14.5. The molecular weight excluding hydrogens is 326 g/mol. The third kappa shape index (κ3) is 3.65. The summed E-state index contributed by atoms with van der Waals surface area (Å²) >= 11 is 0. The Bertz CT molecular complexity index is 886. The van der Waals surface area contributed by atoms with Crippen LogP contribution in [0.15, 0.2) is 60.9 Å². The molecule has 2 aromatic heterocycles. The Kier molecular flexibility index (Phi) is 4.75. The van der Waals surface area contributed by atoms with Crippen molar-refractivity contribution in [3.05, 3.63) is 60.9 Å². The van der Waals surface area contributed by atoms with Crippen molar-refractivity contribution in [3.8, 4) is 0 Å². The number of nitrogens with one attached hydrogen (secondary N) is 1. The van der Waals surface area contributed by atoms with Gasteiger partial charge in [-0.05, 0) is 24.3 Å². The minimum atomic E-state index is -0.0217. The molecule has 0 atom stereocenters. The second-order valence-electron chi connectivity index (χ2n) is 6.37. The van der Waals surface area contributed by atoms with Crippen LogP contribution < -0.4 is 10.2 Å². The van der Waals surface area contributed by atoms with Crippen LogP contribution in [0.4, 0.5) is 11.5 Å². The Balaban J connectivity index is 1.36. The largest absolute Gasteiger partial charge is 0.368 e. The molecule has 3 heterocycles. The topological polar surface area (TPSA) is 61.4 Å². The molecule has 26 heavy (non-hydrogen) atoms. The molecule has 0 bridgehead atoms. The van der Waals surface area contributed by atoms with Gasteiger partial charge in [-0.3, -0.25) is 14.7 Å². The van der Waals surface area contributed by atoms with Gasteiger partial charge in [-0.15, -0.1) is 0 Å². The lowest BCUT2D eigenvalue weighted by atomic mass is 10.1. The first kappa shape index (κ1) is 16.5. The fraction of sp³-hybridized carbons (Fsp3) is 0.250. The quantitative estimate of drug-likeness (QED) is 0.785. The highest BCUT2D eigenvalue weighted by molar-refractivity contribution is 5.92. The van der Waals surface area contributed by atoms with Crippen LogP contribution in [0.2, 0.25) is 0 Å². The number of carbonyl (C=O) groups is 1. The van der Waals surface area contributed by atoms with Crippen LogP contribution in [0.1, 0.15) is 0 Å². The van der Waals surface area contributed by atoms with Gasteiger partial charge in [-0.2, -0.15) is 0 Å². The number of piperazine rings is 1. The first-order valence-electron chi connectivity index (χ1n) is 8.81. The monoisotopic (exact) mass is 347 g/mol. The molecule has 132 valence electrons. The fourth-order valence-corrected chi connectivity index (χ4v) is 3.33. The first-order chi connectivity index (χ1) is 12.8. The number of pyridine rings is 2. The van der Waals surface area contributed by atoms with E-state index in [2.05, 4.69) is 37.2 Å². The summed E-state index contributed by atoms with van der Waals surface area (Å²) < 4.78 is 0. The summed E-state index contributed by atoms with van der Waals surface area (Å²) in [5, 5.41) is 4.02. The normalized spacial score (nSPS) is 15.2. The van der Waals surface area contributed by atoms with Crippen LogP contribution in [0.5, 0.6) is 0 Å². The molecule has 0 aliphatic carbocycles. The van der Waals surface area contributed by atoms with Crippen molar-refractivity contribution < 1.29 is 4.79 Å². The van der Waals surface area contributed by atoms with E-state index in [0.717, 1.165) is 31.7 Å². The van der Waals surface area contributed by atoms with Gasteiger partial charge >= 0.3 is 0 Å². The Morgan fingerprint density at radius 1 is 0.923 bits per heavy atom. The van der Waals surface area contributed by atoms with Gasteiger partial charge < -0.3 is 10.2 Å². The van der Waals surface area contributed by atoms with Crippen LogP contribution in [0.3, 0.4) is 0 Å². The van der Waals surface area contributed by atoms with E-state index in [1.54, 1.807) is 12.3 Å². The first-order valence-corrected chi connectivity index (χ1v) is 8.81. The van der Waals surface area contributed by atoms with Gasteiger partial charge in [-0.25, -0.2) is 4.98 Å². The number of para-hydroxylation sites is 1. The van der Waals surface area contributed by atoms with Crippen LogP contribution >= 0.6 is 0 Å². The van der Waals surface area contributed by atoms with E-state index < -0.39 is 0 Å². The van der Waals surface area contributed by atoms with E-state index in [1.165, 1.54) is 11.1 Å². The molecule has 1 aliphatic rings. The Morgan fingerprint density at radius 2 is 1.73 bits per heavy atom. The molecule has 3 aromatic rings. The van der Waals surface area contributed by atoms with Gasteiger partial charge in [0.2, 0.25) is 5.91 Å². The van der Waals surface area contributed by atoms with Crippen molar-refractivity contribution >= 4 is 28.3 Å². The second-order valence-corrected chi connectivity index (χ2v) is 6.37. The van der Waals surface area contributed by atoms with Crippen molar-refractivity contribution in [1.82, 2.24) is 14.9 Å². The standard InChI is InChI=1S/C20H21N5O/c26-20(23-19-7-3-4-9-22-19)15-24-11-13-25(14-12-24)18-8-10-21-17-6-2-1-5-16(17)18/h1-10H,11-15H2,(H,22,23,26). The molecule has 1 aromatic carbocycles. The fourth-order valence-electron chi connectivity index (χ4n) is 3.33.